The van der Waals surface area contributed by atoms with Gasteiger partial charge >= 0.3 is 145 Å². The molecule has 0 radical (unpaired) electrons. The van der Waals surface area contributed by atoms with Gasteiger partial charge in [0.05, 0.1) is 0 Å². The van der Waals surface area contributed by atoms with E-state index in [-0.39, 0.29) is 0 Å². The first-order valence-electron chi connectivity index (χ1n) is 5.84. The number of hydrogen-bond donors (Lipinski definition) is 0. The second-order valence-corrected chi connectivity index (χ2v) is 4.05. The summed E-state index contributed by atoms with van der Waals surface area (Å²) in [4.78, 5) is 2.43. The number of nitrogens with zero attached hydrogens (tertiary/aromatic N) is 1. The van der Waals surface area contributed by atoms with Gasteiger partial charge in [-0.05, 0) is 0 Å². The van der Waals surface area contributed by atoms with Gasteiger partial charge in [-0.1, -0.05) is 0 Å². The molecule has 1 fully saturated rings. The topological polar surface area (TPSA) is 103 Å². The van der Waals surface area contributed by atoms with Crippen molar-refractivity contribution in [3.8, 4) is 0 Å². The molecular weight excluding hydrogens is 338 g/mol. The van der Waals surface area contributed by atoms with Crippen molar-refractivity contribution < 1.29 is 39.1 Å². The van der Waals surface area contributed by atoms with Crippen molar-refractivity contribution in [3.05, 3.63) is 58.6 Å². The molecule has 0 bridgehead atoms. The Balaban J connectivity index is -0.0000000923. The standard InChI is InChI=1S/C11H17N.5CO.Cr/c1-3-7-11(4-2)10-12-8-5-6-9-12;5*1-2;/h3-4,11H,1-2,5-9H2;;;;;;. The third-order valence-electron chi connectivity index (χ3n) is 2.44. The van der Waals surface area contributed by atoms with Crippen molar-refractivity contribution in [3.63, 3.8) is 0 Å². The summed E-state index contributed by atoms with van der Waals surface area (Å²) in [5.41, 5.74) is 0. The Kier molecular flexibility index (Phi) is 53.6. The molecule has 7 heteroatoms. The van der Waals surface area contributed by atoms with E-state index in [0.29, 0.717) is 5.92 Å². The summed E-state index contributed by atoms with van der Waals surface area (Å²) in [6.45, 7) is 32.5. The van der Waals surface area contributed by atoms with E-state index in [1.54, 1.807) is 0 Å². The SMILES string of the molecule is C=CCC(C=C)[C](=[Cr])N1CCCC1.[C-]#[O+].[C-]#[O+].[C-]#[O+].[C-]#[O+].[C-]#[O+]. The van der Waals surface area contributed by atoms with Crippen LogP contribution >= 0.6 is 0 Å². The van der Waals surface area contributed by atoms with E-state index >= 15 is 0 Å². The molecule has 0 aliphatic carbocycles. The summed E-state index contributed by atoms with van der Waals surface area (Å²) >= 11 is 3.18. The van der Waals surface area contributed by atoms with E-state index in [9.17, 15) is 0 Å². The maximum absolute atomic E-state index is 7.50. The molecule has 0 aromatic carbocycles. The Labute approximate surface area is 145 Å². The van der Waals surface area contributed by atoms with Gasteiger partial charge in [-0.15, -0.1) is 0 Å². The van der Waals surface area contributed by atoms with Crippen LogP contribution in [-0.4, -0.2) is 22.5 Å². The van der Waals surface area contributed by atoms with Gasteiger partial charge in [-0.2, -0.15) is 0 Å². The van der Waals surface area contributed by atoms with Crippen LogP contribution in [0.5, 0.6) is 0 Å². The zero-order valence-electron chi connectivity index (χ0n) is 12.6. The fourth-order valence-corrected chi connectivity index (χ4v) is 2.24. The van der Waals surface area contributed by atoms with Crippen molar-refractivity contribution in [2.24, 2.45) is 5.92 Å². The molecule has 0 spiro atoms. The van der Waals surface area contributed by atoms with Gasteiger partial charge < -0.3 is 0 Å². The molecule has 122 valence electrons. The molecule has 1 aliphatic heterocycles. The van der Waals surface area contributed by atoms with Crippen LogP contribution in [0.1, 0.15) is 19.3 Å². The van der Waals surface area contributed by atoms with E-state index in [1.807, 2.05) is 12.2 Å². The van der Waals surface area contributed by atoms with Gasteiger partial charge in [-0.25, -0.2) is 0 Å². The molecule has 0 aromatic heterocycles. The molecule has 0 N–H and O–H groups in total. The van der Waals surface area contributed by atoms with Crippen LogP contribution in [0.3, 0.4) is 0 Å². The normalized spacial score (nSPS) is 11.6. The summed E-state index contributed by atoms with van der Waals surface area (Å²) in [5, 5.41) is 0. The zero-order chi connectivity index (χ0) is 19.7. The molecule has 0 amide bonds. The molecule has 0 aromatic rings. The van der Waals surface area contributed by atoms with Crippen molar-refractivity contribution in [2.75, 3.05) is 13.1 Å². The summed E-state index contributed by atoms with van der Waals surface area (Å²) < 4.78 is 38.8. The average molecular weight is 355 g/mol. The van der Waals surface area contributed by atoms with Gasteiger partial charge in [0.15, 0.2) is 0 Å². The van der Waals surface area contributed by atoms with Crippen molar-refractivity contribution in [2.45, 2.75) is 19.3 Å². The summed E-state index contributed by atoms with van der Waals surface area (Å²) in [6, 6.07) is 0. The molecule has 6 nitrogen and oxygen atoms in total. The number of hydrogen-bond acceptors (Lipinski definition) is 1. The van der Waals surface area contributed by atoms with E-state index in [4.69, 9.17) is 23.3 Å². The van der Waals surface area contributed by atoms with Crippen LogP contribution in [0.4, 0.5) is 0 Å². The van der Waals surface area contributed by atoms with Crippen molar-refractivity contribution >= 4 is 4.50 Å². The van der Waals surface area contributed by atoms with E-state index in [0.717, 1.165) is 6.42 Å². The second-order valence-electron chi connectivity index (χ2n) is 3.40. The van der Waals surface area contributed by atoms with Crippen molar-refractivity contribution in [1.29, 1.82) is 0 Å². The van der Waals surface area contributed by atoms with Gasteiger partial charge in [0, 0.05) is 0 Å². The average Bonchev–Trinajstić information content (AvgIpc) is 3.22. The van der Waals surface area contributed by atoms with Crippen LogP contribution in [0.25, 0.3) is 0 Å². The predicted octanol–water partition coefficient (Wildman–Crippen LogP) is 1.95. The quantitative estimate of drug-likeness (QED) is 0.420. The van der Waals surface area contributed by atoms with Crippen LogP contribution in [-0.2, 0) is 39.1 Å². The summed E-state index contributed by atoms with van der Waals surface area (Å²) in [6.07, 6.45) is 7.60. The Morgan fingerprint density at radius 1 is 0.913 bits per heavy atom. The first-order valence-corrected chi connectivity index (χ1v) is 6.47. The van der Waals surface area contributed by atoms with E-state index < -0.39 is 0 Å². The Morgan fingerprint density at radius 2 is 1.26 bits per heavy atom. The van der Waals surface area contributed by atoms with Crippen LogP contribution in [0, 0.1) is 39.2 Å². The van der Waals surface area contributed by atoms with Crippen LogP contribution in [0.2, 0.25) is 0 Å². The minimum atomic E-state index is 0.440. The molecule has 1 atom stereocenters. The number of likely N-dealkylation sites (tertiary alicyclic amines) is 1. The van der Waals surface area contributed by atoms with Gasteiger partial charge in [-0.3, -0.25) is 0 Å². The molecule has 1 rings (SSSR count). The molecule has 1 saturated heterocycles. The second kappa shape index (κ2) is 37.1. The van der Waals surface area contributed by atoms with Crippen molar-refractivity contribution in [1.82, 2.24) is 4.90 Å². The third kappa shape index (κ3) is 20.5. The van der Waals surface area contributed by atoms with E-state index in [1.165, 1.54) is 30.4 Å². The monoisotopic (exact) mass is 355 g/mol. The minimum absolute atomic E-state index is 0.440. The zero-order valence-corrected chi connectivity index (χ0v) is 13.9. The van der Waals surface area contributed by atoms with Gasteiger partial charge in [0.1, 0.15) is 0 Å². The fourth-order valence-electron chi connectivity index (χ4n) is 1.65. The first kappa shape index (κ1) is 33.2. The molecule has 23 heavy (non-hydrogen) atoms. The molecule has 1 heterocycles. The Hall–Kier alpha value is -1.46. The number of allylic oxidation sites excluding steroid dienone is 1. The maximum atomic E-state index is 7.50. The van der Waals surface area contributed by atoms with Gasteiger partial charge in [0.25, 0.3) is 0 Å². The molecular formula is C16H17CrNO5. The first-order chi connectivity index (χ1) is 11.3. The summed E-state index contributed by atoms with van der Waals surface area (Å²) in [7, 11) is 0. The third-order valence-corrected chi connectivity index (χ3v) is 3.32. The Bertz CT molecular complexity index is 355. The van der Waals surface area contributed by atoms with Crippen LogP contribution < -0.4 is 0 Å². The van der Waals surface area contributed by atoms with E-state index in [2.05, 4.69) is 67.2 Å². The fraction of sp³-hybridized carbons (Fsp3) is 0.375. The Morgan fingerprint density at radius 3 is 1.52 bits per heavy atom. The van der Waals surface area contributed by atoms with Crippen LogP contribution in [0.15, 0.2) is 25.3 Å². The van der Waals surface area contributed by atoms with Gasteiger partial charge in [0.2, 0.25) is 0 Å². The molecule has 0 saturated carbocycles. The summed E-state index contributed by atoms with van der Waals surface area (Å²) in [5.74, 6) is 0.440. The predicted molar refractivity (Wildman–Crippen MR) is 74.0 cm³/mol. The number of rotatable bonds is 5. The molecule has 1 aliphatic rings. The molecule has 1 unspecified atom stereocenters.